The minimum absolute atomic E-state index is 0.550. The van der Waals surface area contributed by atoms with Crippen molar-refractivity contribution in [2.75, 3.05) is 13.2 Å². The van der Waals surface area contributed by atoms with Gasteiger partial charge in [0.25, 0.3) is 0 Å². The molecular weight excluding hydrogens is 162 g/mol. The first-order chi connectivity index (χ1) is 6.43. The van der Waals surface area contributed by atoms with Crippen LogP contribution in [0.2, 0.25) is 0 Å². The molecule has 1 aromatic rings. The Morgan fingerprint density at radius 3 is 2.77 bits per heavy atom. The first-order valence-corrected chi connectivity index (χ1v) is 4.43. The van der Waals surface area contributed by atoms with Crippen LogP contribution in [0.15, 0.2) is 43.0 Å². The molecule has 13 heavy (non-hydrogen) atoms. The topological polar surface area (TPSA) is 21.3 Å². The van der Waals surface area contributed by atoms with E-state index in [4.69, 9.17) is 4.84 Å². The first kappa shape index (κ1) is 9.96. The number of benzene rings is 1. The molecule has 0 aliphatic carbocycles. The maximum absolute atomic E-state index is 5.04. The van der Waals surface area contributed by atoms with Gasteiger partial charge < -0.3 is 0 Å². The number of nitrogens with one attached hydrogen (secondary N) is 1. The zero-order valence-corrected chi connectivity index (χ0v) is 7.70. The van der Waals surface area contributed by atoms with Crippen LogP contribution >= 0.6 is 0 Å². The summed E-state index contributed by atoms with van der Waals surface area (Å²) in [5, 5.41) is 0. The fourth-order valence-corrected chi connectivity index (χ4v) is 1.03. The third-order valence-electron chi connectivity index (χ3n) is 1.66. The van der Waals surface area contributed by atoms with Crippen LogP contribution in [0.25, 0.3) is 0 Å². The average Bonchev–Trinajstić information content (AvgIpc) is 2.19. The van der Waals surface area contributed by atoms with E-state index in [-0.39, 0.29) is 0 Å². The highest BCUT2D eigenvalue weighted by atomic mass is 16.6. The van der Waals surface area contributed by atoms with E-state index in [2.05, 4.69) is 24.2 Å². The van der Waals surface area contributed by atoms with Gasteiger partial charge >= 0.3 is 0 Å². The average molecular weight is 177 g/mol. The summed E-state index contributed by atoms with van der Waals surface area (Å²) in [6.45, 7) is 4.93. The number of hydrogen-bond acceptors (Lipinski definition) is 2. The quantitative estimate of drug-likeness (QED) is 0.407. The molecule has 0 saturated heterocycles. The summed E-state index contributed by atoms with van der Waals surface area (Å²) in [5.74, 6) is 0. The number of hydroxylamine groups is 1. The predicted molar refractivity (Wildman–Crippen MR) is 54.3 cm³/mol. The van der Waals surface area contributed by atoms with E-state index in [0.29, 0.717) is 6.61 Å². The summed E-state index contributed by atoms with van der Waals surface area (Å²) in [4.78, 5) is 5.04. The van der Waals surface area contributed by atoms with Gasteiger partial charge in [0, 0.05) is 6.54 Å². The Balaban J connectivity index is 2.10. The molecule has 70 valence electrons. The van der Waals surface area contributed by atoms with Crippen molar-refractivity contribution in [2.24, 2.45) is 0 Å². The predicted octanol–water partition coefficient (Wildman–Crippen LogP) is 1.94. The van der Waals surface area contributed by atoms with Crippen molar-refractivity contribution >= 4 is 0 Å². The molecule has 0 aromatic heterocycles. The van der Waals surface area contributed by atoms with Gasteiger partial charge in [0.2, 0.25) is 0 Å². The number of rotatable bonds is 6. The minimum atomic E-state index is 0.550. The summed E-state index contributed by atoms with van der Waals surface area (Å²) in [6.07, 6.45) is 2.70. The fourth-order valence-electron chi connectivity index (χ4n) is 1.03. The maximum atomic E-state index is 5.04. The van der Waals surface area contributed by atoms with E-state index in [9.17, 15) is 0 Å². The zero-order chi connectivity index (χ0) is 9.36. The van der Waals surface area contributed by atoms with Crippen molar-refractivity contribution in [3.8, 4) is 0 Å². The second-order valence-electron chi connectivity index (χ2n) is 2.73. The Morgan fingerprint density at radius 1 is 1.31 bits per heavy atom. The van der Waals surface area contributed by atoms with E-state index in [1.807, 2.05) is 18.2 Å². The molecule has 1 aromatic carbocycles. The molecule has 0 fully saturated rings. The lowest BCUT2D eigenvalue weighted by Gasteiger charge is -2.03. The Kier molecular flexibility index (Phi) is 4.91. The van der Waals surface area contributed by atoms with Gasteiger partial charge in [-0.3, -0.25) is 4.84 Å². The molecule has 1 rings (SSSR count). The van der Waals surface area contributed by atoms with E-state index >= 15 is 0 Å². The molecule has 0 heterocycles. The minimum Gasteiger partial charge on any atom is -0.298 e. The summed E-state index contributed by atoms with van der Waals surface area (Å²) in [6, 6.07) is 10.3. The van der Waals surface area contributed by atoms with Crippen LogP contribution in [0.3, 0.4) is 0 Å². The van der Waals surface area contributed by atoms with Crippen molar-refractivity contribution in [3.05, 3.63) is 48.6 Å². The van der Waals surface area contributed by atoms with Crippen molar-refractivity contribution < 1.29 is 4.84 Å². The smallest absolute Gasteiger partial charge is 0.0861 e. The van der Waals surface area contributed by atoms with Gasteiger partial charge in [-0.2, -0.15) is 0 Å². The van der Waals surface area contributed by atoms with E-state index < -0.39 is 0 Å². The molecule has 0 spiro atoms. The lowest BCUT2D eigenvalue weighted by atomic mass is 10.2. The van der Waals surface area contributed by atoms with Crippen LogP contribution in [0.4, 0.5) is 0 Å². The van der Waals surface area contributed by atoms with Crippen molar-refractivity contribution in [1.29, 1.82) is 0 Å². The second-order valence-corrected chi connectivity index (χ2v) is 2.73. The van der Waals surface area contributed by atoms with Crippen LogP contribution in [0.1, 0.15) is 5.56 Å². The molecule has 2 heteroatoms. The summed E-state index contributed by atoms with van der Waals surface area (Å²) in [7, 11) is 0. The van der Waals surface area contributed by atoms with Crippen LogP contribution in [-0.2, 0) is 11.3 Å². The van der Waals surface area contributed by atoms with Crippen LogP contribution < -0.4 is 5.48 Å². The molecule has 0 bridgehead atoms. The van der Waals surface area contributed by atoms with Crippen molar-refractivity contribution in [1.82, 2.24) is 5.48 Å². The lowest BCUT2D eigenvalue weighted by Crippen LogP contribution is -2.17. The van der Waals surface area contributed by atoms with Gasteiger partial charge in [0.05, 0.1) is 6.61 Å². The Labute approximate surface area is 79.2 Å². The normalized spacial score (nSPS) is 9.85. The molecule has 2 nitrogen and oxygen atoms in total. The molecule has 0 unspecified atom stereocenters. The highest BCUT2D eigenvalue weighted by Crippen LogP contribution is 1.97. The Hall–Kier alpha value is -1.12. The van der Waals surface area contributed by atoms with Gasteiger partial charge in [-0.1, -0.05) is 36.4 Å². The van der Waals surface area contributed by atoms with Gasteiger partial charge in [-0.25, -0.2) is 5.48 Å². The van der Waals surface area contributed by atoms with Crippen molar-refractivity contribution in [3.63, 3.8) is 0 Å². The molecule has 0 saturated carbocycles. The molecular formula is C11H15NO. The van der Waals surface area contributed by atoms with Gasteiger partial charge in [0.1, 0.15) is 0 Å². The Morgan fingerprint density at radius 2 is 2.08 bits per heavy atom. The zero-order valence-electron chi connectivity index (χ0n) is 7.70. The highest BCUT2D eigenvalue weighted by Gasteiger charge is 1.89. The van der Waals surface area contributed by atoms with Crippen LogP contribution in [-0.4, -0.2) is 13.2 Å². The fraction of sp³-hybridized carbons (Fsp3) is 0.273. The molecule has 0 aliphatic heterocycles. The summed E-state index contributed by atoms with van der Waals surface area (Å²) < 4.78 is 0. The molecule has 0 aliphatic rings. The van der Waals surface area contributed by atoms with Gasteiger partial charge in [-0.15, -0.1) is 6.58 Å². The van der Waals surface area contributed by atoms with E-state index in [1.165, 1.54) is 5.56 Å². The van der Waals surface area contributed by atoms with Crippen LogP contribution in [0, 0.1) is 0 Å². The third kappa shape index (κ3) is 4.45. The lowest BCUT2D eigenvalue weighted by molar-refractivity contribution is 0.0636. The molecule has 1 N–H and O–H groups in total. The standard InChI is InChI=1S/C11H15NO/c1-2-10-13-12-9-8-11-6-4-3-5-7-11/h2-7,12H,1,8-10H2. The van der Waals surface area contributed by atoms with Crippen LogP contribution in [0.5, 0.6) is 0 Å². The van der Waals surface area contributed by atoms with E-state index in [0.717, 1.165) is 13.0 Å². The number of hydrogen-bond donors (Lipinski definition) is 1. The van der Waals surface area contributed by atoms with E-state index in [1.54, 1.807) is 6.08 Å². The first-order valence-electron chi connectivity index (χ1n) is 4.43. The van der Waals surface area contributed by atoms with Gasteiger partial charge in [-0.05, 0) is 12.0 Å². The van der Waals surface area contributed by atoms with Gasteiger partial charge in [0.15, 0.2) is 0 Å². The molecule has 0 radical (unpaired) electrons. The third-order valence-corrected chi connectivity index (χ3v) is 1.66. The monoisotopic (exact) mass is 177 g/mol. The highest BCUT2D eigenvalue weighted by molar-refractivity contribution is 5.14. The largest absolute Gasteiger partial charge is 0.298 e. The summed E-state index contributed by atoms with van der Waals surface area (Å²) >= 11 is 0. The SMILES string of the molecule is C=CCONCCc1ccccc1. The molecule has 0 amide bonds. The second kappa shape index (κ2) is 6.40. The Bertz CT molecular complexity index is 233. The summed E-state index contributed by atoms with van der Waals surface area (Å²) in [5.41, 5.74) is 4.18. The van der Waals surface area contributed by atoms with Crippen molar-refractivity contribution in [2.45, 2.75) is 6.42 Å². The molecule has 0 atom stereocenters. The maximum Gasteiger partial charge on any atom is 0.0861 e.